The molecule has 1 fully saturated rings. The molecule has 0 unspecified atom stereocenters. The highest BCUT2D eigenvalue weighted by Crippen LogP contribution is 2.24. The van der Waals surface area contributed by atoms with Crippen LogP contribution in [0.15, 0.2) is 66.7 Å². The lowest BCUT2D eigenvalue weighted by atomic mass is 10.0. The topological polar surface area (TPSA) is 32.8 Å². The zero-order valence-electron chi connectivity index (χ0n) is 16.3. The van der Waals surface area contributed by atoms with Crippen LogP contribution < -0.4 is 4.90 Å². The van der Waals surface area contributed by atoms with Crippen LogP contribution in [-0.4, -0.2) is 44.2 Å². The molecule has 1 aliphatic heterocycles. The molecule has 0 N–H and O–H groups in total. The molecule has 1 amide bonds. The lowest BCUT2D eigenvalue weighted by Crippen LogP contribution is -2.37. The molecule has 144 valence electrons. The van der Waals surface area contributed by atoms with Gasteiger partial charge >= 0.3 is 0 Å². The summed E-state index contributed by atoms with van der Waals surface area (Å²) in [5.41, 5.74) is 3.46. The highest BCUT2D eigenvalue weighted by atomic mass is 16.5. The van der Waals surface area contributed by atoms with Crippen molar-refractivity contribution in [1.29, 1.82) is 0 Å². The SMILES string of the molecule is CN(Cc1ccccc1N1CCOCC1)C(=O)Cc1cccc2ccccc12. The molecule has 1 heterocycles. The van der Waals surface area contributed by atoms with Crippen LogP contribution in [0.3, 0.4) is 0 Å². The first-order chi connectivity index (χ1) is 13.7. The van der Waals surface area contributed by atoms with E-state index >= 15 is 0 Å². The predicted octanol–water partition coefficient (Wildman–Crippen LogP) is 3.88. The molecule has 1 aliphatic rings. The van der Waals surface area contributed by atoms with Gasteiger partial charge < -0.3 is 14.5 Å². The maximum Gasteiger partial charge on any atom is 0.227 e. The molecule has 3 aromatic carbocycles. The second-order valence-corrected chi connectivity index (χ2v) is 7.29. The molecule has 4 nitrogen and oxygen atoms in total. The summed E-state index contributed by atoms with van der Waals surface area (Å²) in [6, 6.07) is 22.8. The number of ether oxygens (including phenoxy) is 1. The second-order valence-electron chi connectivity index (χ2n) is 7.29. The van der Waals surface area contributed by atoms with E-state index in [1.165, 1.54) is 16.6 Å². The van der Waals surface area contributed by atoms with Crippen LogP contribution in [0.25, 0.3) is 10.8 Å². The highest BCUT2D eigenvalue weighted by molar-refractivity contribution is 5.90. The zero-order valence-corrected chi connectivity index (χ0v) is 16.3. The molecular formula is C24H26N2O2. The van der Waals surface area contributed by atoms with Crippen molar-refractivity contribution < 1.29 is 9.53 Å². The van der Waals surface area contributed by atoms with E-state index in [0.29, 0.717) is 13.0 Å². The zero-order chi connectivity index (χ0) is 19.3. The molecule has 28 heavy (non-hydrogen) atoms. The van der Waals surface area contributed by atoms with Gasteiger partial charge in [0.25, 0.3) is 0 Å². The third-order valence-electron chi connectivity index (χ3n) is 5.40. The Morgan fingerprint density at radius 2 is 1.61 bits per heavy atom. The number of fused-ring (bicyclic) bond motifs is 1. The van der Waals surface area contributed by atoms with E-state index in [4.69, 9.17) is 4.74 Å². The molecule has 4 rings (SSSR count). The Kier molecular flexibility index (Phi) is 5.58. The summed E-state index contributed by atoms with van der Waals surface area (Å²) >= 11 is 0. The van der Waals surface area contributed by atoms with Crippen molar-refractivity contribution in [3.63, 3.8) is 0 Å². The first kappa shape index (κ1) is 18.5. The van der Waals surface area contributed by atoms with Gasteiger partial charge in [-0.05, 0) is 28.0 Å². The van der Waals surface area contributed by atoms with E-state index in [1.54, 1.807) is 0 Å². The minimum absolute atomic E-state index is 0.133. The van der Waals surface area contributed by atoms with E-state index in [9.17, 15) is 4.79 Å². The lowest BCUT2D eigenvalue weighted by Gasteiger charge is -2.31. The van der Waals surface area contributed by atoms with E-state index in [1.807, 2.05) is 36.2 Å². The summed E-state index contributed by atoms with van der Waals surface area (Å²) in [6.07, 6.45) is 0.414. The molecule has 0 aliphatic carbocycles. The van der Waals surface area contributed by atoms with Gasteiger partial charge in [-0.2, -0.15) is 0 Å². The average molecular weight is 374 g/mol. The monoisotopic (exact) mass is 374 g/mol. The number of nitrogens with zero attached hydrogens (tertiary/aromatic N) is 2. The summed E-state index contributed by atoms with van der Waals surface area (Å²) in [7, 11) is 1.89. The summed E-state index contributed by atoms with van der Waals surface area (Å²) in [5, 5.41) is 2.33. The number of hydrogen-bond acceptors (Lipinski definition) is 3. The maximum absolute atomic E-state index is 12.9. The first-order valence-corrected chi connectivity index (χ1v) is 9.83. The van der Waals surface area contributed by atoms with Crippen molar-refractivity contribution in [2.24, 2.45) is 0 Å². The van der Waals surface area contributed by atoms with Gasteiger partial charge in [0, 0.05) is 32.4 Å². The number of rotatable bonds is 5. The fraction of sp³-hybridized carbons (Fsp3) is 0.292. The van der Waals surface area contributed by atoms with Crippen LogP contribution in [0.1, 0.15) is 11.1 Å². The van der Waals surface area contributed by atoms with Crippen LogP contribution in [0.2, 0.25) is 0 Å². The number of carbonyl (C=O) groups is 1. The highest BCUT2D eigenvalue weighted by Gasteiger charge is 2.17. The van der Waals surface area contributed by atoms with Crippen LogP contribution in [0.4, 0.5) is 5.69 Å². The van der Waals surface area contributed by atoms with Crippen LogP contribution >= 0.6 is 0 Å². The molecule has 0 spiro atoms. The van der Waals surface area contributed by atoms with E-state index < -0.39 is 0 Å². The first-order valence-electron chi connectivity index (χ1n) is 9.83. The number of hydrogen-bond donors (Lipinski definition) is 0. The Bertz CT molecular complexity index is 958. The molecule has 4 heteroatoms. The number of carbonyl (C=O) groups excluding carboxylic acids is 1. The summed E-state index contributed by atoms with van der Waals surface area (Å²) < 4.78 is 5.48. The Labute approximate surface area is 166 Å². The van der Waals surface area contributed by atoms with Gasteiger partial charge in [0.2, 0.25) is 5.91 Å². The van der Waals surface area contributed by atoms with Gasteiger partial charge in [-0.25, -0.2) is 0 Å². The van der Waals surface area contributed by atoms with Gasteiger partial charge in [0.15, 0.2) is 0 Å². The van der Waals surface area contributed by atoms with Crippen LogP contribution in [0.5, 0.6) is 0 Å². The Morgan fingerprint density at radius 1 is 0.929 bits per heavy atom. The average Bonchev–Trinajstić information content (AvgIpc) is 2.75. The Hall–Kier alpha value is -2.85. The number of likely N-dealkylation sites (N-methyl/N-ethyl adjacent to an activating group) is 1. The summed E-state index contributed by atoms with van der Waals surface area (Å²) in [5.74, 6) is 0.133. The molecule has 0 saturated carbocycles. The van der Waals surface area contributed by atoms with Crippen molar-refractivity contribution in [2.45, 2.75) is 13.0 Å². The smallest absolute Gasteiger partial charge is 0.227 e. The molecule has 0 bridgehead atoms. The number of amides is 1. The van der Waals surface area contributed by atoms with Crippen molar-refractivity contribution in [3.8, 4) is 0 Å². The standard InChI is InChI=1S/C24H26N2O2/c1-25(18-21-8-3-5-12-23(21)26-13-15-28-16-14-26)24(27)17-20-10-6-9-19-7-2-4-11-22(19)20/h2-12H,13-18H2,1H3. The minimum Gasteiger partial charge on any atom is -0.378 e. The third-order valence-corrected chi connectivity index (χ3v) is 5.40. The van der Waals surface area contributed by atoms with Crippen molar-refractivity contribution in [2.75, 3.05) is 38.3 Å². The lowest BCUT2D eigenvalue weighted by molar-refractivity contribution is -0.129. The third kappa shape index (κ3) is 4.02. The molecule has 0 aromatic heterocycles. The molecule has 1 saturated heterocycles. The number of benzene rings is 3. The van der Waals surface area contributed by atoms with Crippen LogP contribution in [-0.2, 0) is 22.5 Å². The quantitative estimate of drug-likeness (QED) is 0.679. The van der Waals surface area contributed by atoms with Gasteiger partial charge in [0.05, 0.1) is 19.6 Å². The van der Waals surface area contributed by atoms with E-state index in [0.717, 1.165) is 37.3 Å². The van der Waals surface area contributed by atoms with Gasteiger partial charge in [0.1, 0.15) is 0 Å². The van der Waals surface area contributed by atoms with Gasteiger partial charge in [-0.15, -0.1) is 0 Å². The summed E-state index contributed by atoms with van der Waals surface area (Å²) in [4.78, 5) is 17.1. The molecule has 0 atom stereocenters. The fourth-order valence-corrected chi connectivity index (χ4v) is 3.85. The van der Waals surface area contributed by atoms with Crippen molar-refractivity contribution >= 4 is 22.4 Å². The summed E-state index contributed by atoms with van der Waals surface area (Å²) in [6.45, 7) is 3.90. The number of para-hydroxylation sites is 1. The van der Waals surface area contributed by atoms with Crippen LogP contribution in [0, 0.1) is 0 Å². The Morgan fingerprint density at radius 3 is 2.46 bits per heavy atom. The van der Waals surface area contributed by atoms with E-state index in [2.05, 4.69) is 47.4 Å². The normalized spacial score (nSPS) is 14.2. The van der Waals surface area contributed by atoms with Gasteiger partial charge in [-0.3, -0.25) is 4.79 Å². The number of morpholine rings is 1. The number of anilines is 1. The van der Waals surface area contributed by atoms with Crippen molar-refractivity contribution in [1.82, 2.24) is 4.90 Å². The van der Waals surface area contributed by atoms with E-state index in [-0.39, 0.29) is 5.91 Å². The maximum atomic E-state index is 12.9. The largest absolute Gasteiger partial charge is 0.378 e. The fourth-order valence-electron chi connectivity index (χ4n) is 3.85. The molecular weight excluding hydrogens is 348 g/mol. The Balaban J connectivity index is 1.49. The predicted molar refractivity (Wildman–Crippen MR) is 114 cm³/mol. The second kappa shape index (κ2) is 8.44. The minimum atomic E-state index is 0.133. The molecule has 0 radical (unpaired) electrons. The van der Waals surface area contributed by atoms with Crippen molar-refractivity contribution in [3.05, 3.63) is 77.9 Å². The molecule has 3 aromatic rings. The van der Waals surface area contributed by atoms with Gasteiger partial charge in [-0.1, -0.05) is 60.7 Å².